The molecule has 19 heavy (non-hydrogen) atoms. The molecule has 106 valence electrons. The van der Waals surface area contributed by atoms with Gasteiger partial charge in [0.25, 0.3) is 5.91 Å². The third-order valence-electron chi connectivity index (χ3n) is 3.32. The third kappa shape index (κ3) is 3.73. The first kappa shape index (κ1) is 14.4. The minimum Gasteiger partial charge on any atom is -0.308 e. The Morgan fingerprint density at radius 3 is 3.16 bits per heavy atom. The number of rotatable bonds is 5. The van der Waals surface area contributed by atoms with Gasteiger partial charge in [-0.1, -0.05) is 0 Å². The smallest absolute Gasteiger partial charge is 0.294 e. The highest BCUT2D eigenvalue weighted by Gasteiger charge is 2.25. The Morgan fingerprint density at radius 2 is 2.47 bits per heavy atom. The Morgan fingerprint density at radius 1 is 1.68 bits per heavy atom. The van der Waals surface area contributed by atoms with Gasteiger partial charge in [-0.15, -0.1) is 11.3 Å². The van der Waals surface area contributed by atoms with Crippen molar-refractivity contribution in [3.63, 3.8) is 0 Å². The summed E-state index contributed by atoms with van der Waals surface area (Å²) in [5.41, 5.74) is 3.06. The Bertz CT molecular complexity index is 434. The number of nitrogens with zero attached hydrogens (tertiary/aromatic N) is 3. The van der Waals surface area contributed by atoms with Gasteiger partial charge in [0.2, 0.25) is 0 Å². The highest BCUT2D eigenvalue weighted by Crippen LogP contribution is 2.21. The van der Waals surface area contributed by atoms with Crippen LogP contribution in [-0.2, 0) is 6.54 Å². The van der Waals surface area contributed by atoms with E-state index in [1.54, 1.807) is 0 Å². The number of hydrazine groups is 1. The van der Waals surface area contributed by atoms with Gasteiger partial charge < -0.3 is 4.90 Å². The number of amides is 1. The molecule has 0 radical (unpaired) electrons. The molecule has 2 heterocycles. The standard InChI is InChI=1S/C12H21N5OS/c1-16(2)7-10-4-3-5-17(10)6-9-8-19-12(14-9)11(18)15-13/h8,10H,3-7,13H2,1-2H3,(H,15,18). The largest absolute Gasteiger partial charge is 0.308 e. The second-order valence-corrected chi connectivity index (χ2v) is 6.00. The van der Waals surface area contributed by atoms with Crippen molar-refractivity contribution in [2.75, 3.05) is 27.2 Å². The van der Waals surface area contributed by atoms with Crippen molar-refractivity contribution in [1.82, 2.24) is 20.2 Å². The van der Waals surface area contributed by atoms with E-state index in [-0.39, 0.29) is 5.91 Å². The number of hydrogen-bond acceptors (Lipinski definition) is 6. The molecule has 1 aromatic heterocycles. The van der Waals surface area contributed by atoms with Gasteiger partial charge in [-0.25, -0.2) is 10.8 Å². The Labute approximate surface area is 117 Å². The van der Waals surface area contributed by atoms with E-state index in [1.165, 1.54) is 24.2 Å². The lowest BCUT2D eigenvalue weighted by atomic mass is 10.2. The molecule has 7 heteroatoms. The highest BCUT2D eigenvalue weighted by atomic mass is 32.1. The molecule has 1 amide bonds. The van der Waals surface area contributed by atoms with Crippen LogP contribution in [0.4, 0.5) is 0 Å². The fourth-order valence-corrected chi connectivity index (χ4v) is 3.20. The molecule has 0 saturated carbocycles. The topological polar surface area (TPSA) is 74.5 Å². The lowest BCUT2D eigenvalue weighted by Crippen LogP contribution is -2.37. The van der Waals surface area contributed by atoms with Crippen molar-refractivity contribution in [1.29, 1.82) is 0 Å². The first-order valence-corrected chi connectivity index (χ1v) is 7.32. The van der Waals surface area contributed by atoms with Crippen LogP contribution >= 0.6 is 11.3 Å². The molecule has 1 saturated heterocycles. The zero-order valence-corrected chi connectivity index (χ0v) is 12.2. The van der Waals surface area contributed by atoms with E-state index in [2.05, 4.69) is 34.3 Å². The molecule has 0 aliphatic carbocycles. The average Bonchev–Trinajstić information content (AvgIpc) is 2.99. The highest BCUT2D eigenvalue weighted by molar-refractivity contribution is 7.11. The van der Waals surface area contributed by atoms with Crippen LogP contribution in [0, 0.1) is 0 Å². The summed E-state index contributed by atoms with van der Waals surface area (Å²) in [5, 5.41) is 2.37. The first-order valence-electron chi connectivity index (χ1n) is 6.44. The Balaban J connectivity index is 1.96. The second kappa shape index (κ2) is 6.42. The molecule has 1 atom stereocenters. The van der Waals surface area contributed by atoms with Crippen molar-refractivity contribution in [2.24, 2.45) is 5.84 Å². The minimum atomic E-state index is -0.317. The SMILES string of the molecule is CN(C)CC1CCCN1Cc1csc(C(=O)NN)n1. The van der Waals surface area contributed by atoms with Gasteiger partial charge in [0.05, 0.1) is 5.69 Å². The molecule has 1 aliphatic rings. The fourth-order valence-electron chi connectivity index (χ4n) is 2.49. The van der Waals surface area contributed by atoms with Gasteiger partial charge >= 0.3 is 0 Å². The molecule has 2 rings (SSSR count). The van der Waals surface area contributed by atoms with E-state index in [1.807, 2.05) is 5.38 Å². The summed E-state index contributed by atoms with van der Waals surface area (Å²) in [6.45, 7) is 2.99. The van der Waals surface area contributed by atoms with Gasteiger partial charge in [-0.3, -0.25) is 15.1 Å². The summed E-state index contributed by atoms with van der Waals surface area (Å²) in [6.07, 6.45) is 2.47. The van der Waals surface area contributed by atoms with Gasteiger partial charge in [-0.05, 0) is 33.5 Å². The number of hydrogen-bond donors (Lipinski definition) is 2. The summed E-state index contributed by atoms with van der Waals surface area (Å²) >= 11 is 1.34. The number of carbonyl (C=O) groups is 1. The van der Waals surface area contributed by atoms with Crippen LogP contribution in [0.3, 0.4) is 0 Å². The molecule has 1 unspecified atom stereocenters. The number of likely N-dealkylation sites (N-methyl/N-ethyl adjacent to an activating group) is 1. The number of thiazole rings is 1. The number of aromatic nitrogens is 1. The molecule has 6 nitrogen and oxygen atoms in total. The van der Waals surface area contributed by atoms with Crippen molar-refractivity contribution in [3.8, 4) is 0 Å². The lowest BCUT2D eigenvalue weighted by molar-refractivity contribution is 0.0953. The van der Waals surface area contributed by atoms with E-state index >= 15 is 0 Å². The fraction of sp³-hybridized carbons (Fsp3) is 0.667. The molecule has 0 aromatic carbocycles. The van der Waals surface area contributed by atoms with Crippen LogP contribution < -0.4 is 11.3 Å². The van der Waals surface area contributed by atoms with E-state index in [9.17, 15) is 4.79 Å². The van der Waals surface area contributed by atoms with Crippen molar-refractivity contribution in [3.05, 3.63) is 16.1 Å². The summed E-state index contributed by atoms with van der Waals surface area (Å²) in [4.78, 5) is 20.4. The Hall–Kier alpha value is -1.02. The molecule has 1 fully saturated rings. The number of nitrogens with one attached hydrogen (secondary N) is 1. The van der Waals surface area contributed by atoms with Crippen molar-refractivity contribution < 1.29 is 4.79 Å². The number of likely N-dealkylation sites (tertiary alicyclic amines) is 1. The van der Waals surface area contributed by atoms with Gasteiger partial charge in [0.1, 0.15) is 0 Å². The van der Waals surface area contributed by atoms with Crippen LogP contribution in [0.1, 0.15) is 28.3 Å². The average molecular weight is 283 g/mol. The van der Waals surface area contributed by atoms with Gasteiger partial charge in [-0.2, -0.15) is 0 Å². The molecular formula is C12H21N5OS. The Kier molecular flexibility index (Phi) is 4.87. The normalized spacial score (nSPS) is 20.1. The summed E-state index contributed by atoms with van der Waals surface area (Å²) in [5.74, 6) is 4.79. The van der Waals surface area contributed by atoms with Crippen LogP contribution in [0.2, 0.25) is 0 Å². The van der Waals surface area contributed by atoms with Gasteiger partial charge in [0.15, 0.2) is 5.01 Å². The zero-order valence-electron chi connectivity index (χ0n) is 11.4. The first-order chi connectivity index (χ1) is 9.10. The minimum absolute atomic E-state index is 0.317. The number of carbonyl (C=O) groups excluding carboxylic acids is 1. The molecule has 3 N–H and O–H groups in total. The maximum absolute atomic E-state index is 11.4. The molecule has 0 spiro atoms. The number of nitrogen functional groups attached to an aromatic ring is 1. The summed E-state index contributed by atoms with van der Waals surface area (Å²) in [7, 11) is 4.20. The van der Waals surface area contributed by atoms with Crippen molar-refractivity contribution in [2.45, 2.75) is 25.4 Å². The van der Waals surface area contributed by atoms with Crippen molar-refractivity contribution >= 4 is 17.2 Å². The van der Waals surface area contributed by atoms with E-state index in [4.69, 9.17) is 5.84 Å². The summed E-state index contributed by atoms with van der Waals surface area (Å²) < 4.78 is 0. The van der Waals surface area contributed by atoms with Crippen LogP contribution in [0.15, 0.2) is 5.38 Å². The molecule has 0 bridgehead atoms. The van der Waals surface area contributed by atoms with E-state index in [0.29, 0.717) is 11.0 Å². The molecule has 1 aliphatic heterocycles. The predicted molar refractivity (Wildman–Crippen MR) is 75.8 cm³/mol. The zero-order chi connectivity index (χ0) is 13.8. The predicted octanol–water partition coefficient (Wildman–Crippen LogP) is 0.273. The van der Waals surface area contributed by atoms with Crippen LogP contribution in [0.25, 0.3) is 0 Å². The quantitative estimate of drug-likeness (QED) is 0.461. The third-order valence-corrected chi connectivity index (χ3v) is 4.21. The lowest BCUT2D eigenvalue weighted by Gasteiger charge is -2.26. The molecule has 1 aromatic rings. The van der Waals surface area contributed by atoms with Crippen LogP contribution in [0.5, 0.6) is 0 Å². The monoisotopic (exact) mass is 283 g/mol. The molecular weight excluding hydrogens is 262 g/mol. The van der Waals surface area contributed by atoms with E-state index in [0.717, 1.165) is 25.3 Å². The second-order valence-electron chi connectivity index (χ2n) is 5.15. The van der Waals surface area contributed by atoms with E-state index < -0.39 is 0 Å². The maximum Gasteiger partial charge on any atom is 0.294 e. The maximum atomic E-state index is 11.4. The number of nitrogens with two attached hydrogens (primary N) is 1. The summed E-state index contributed by atoms with van der Waals surface area (Å²) in [6, 6.07) is 0.587. The van der Waals surface area contributed by atoms with Gasteiger partial charge in [0, 0.05) is 24.5 Å². The van der Waals surface area contributed by atoms with Crippen LogP contribution in [-0.4, -0.2) is 53.9 Å².